The average molecular weight is 1220 g/mol. The van der Waals surface area contributed by atoms with Crippen molar-refractivity contribution in [2.75, 3.05) is 0 Å². The van der Waals surface area contributed by atoms with Crippen LogP contribution in [0.25, 0.3) is 197 Å². The van der Waals surface area contributed by atoms with Gasteiger partial charge in [0.15, 0.2) is 0 Å². The summed E-state index contributed by atoms with van der Waals surface area (Å²) in [5.74, 6) is 0. The molecule has 96 heavy (non-hydrogen) atoms. The summed E-state index contributed by atoms with van der Waals surface area (Å²) < 4.78 is 12.2. The summed E-state index contributed by atoms with van der Waals surface area (Å²) in [6.45, 7) is 0. The largest absolute Gasteiger partial charge is 0.456 e. The Morgan fingerprint density at radius 2 is 0.438 bits per heavy atom. The third-order valence-electron chi connectivity index (χ3n) is 19.9. The van der Waals surface area contributed by atoms with Crippen LogP contribution in [0.2, 0.25) is 0 Å². The smallest absolute Gasteiger partial charge is 0.135 e. The predicted molar refractivity (Wildman–Crippen MR) is 408 cm³/mol. The van der Waals surface area contributed by atoms with Gasteiger partial charge in [-0.2, -0.15) is 0 Å². The molecule has 0 bridgehead atoms. The molecule has 446 valence electrons. The number of para-hydroxylation sites is 2. The molecule has 2 aromatic heterocycles. The van der Waals surface area contributed by atoms with Gasteiger partial charge in [-0.25, -0.2) is 0 Å². The number of benzene rings is 18. The monoisotopic (exact) mass is 1220 g/mol. The molecule has 0 N–H and O–H groups in total. The first kappa shape index (κ1) is 55.1. The van der Waals surface area contributed by atoms with E-state index in [1.54, 1.807) is 0 Å². The Hall–Kier alpha value is -12.6. The maximum atomic E-state index is 6.09. The van der Waals surface area contributed by atoms with Gasteiger partial charge >= 0.3 is 0 Å². The summed E-state index contributed by atoms with van der Waals surface area (Å²) in [5.41, 5.74) is 20.9. The van der Waals surface area contributed by atoms with Crippen LogP contribution >= 0.6 is 0 Å². The minimum atomic E-state index is 0.919. The van der Waals surface area contributed by atoms with Gasteiger partial charge in [0.05, 0.1) is 0 Å². The molecule has 20 aromatic rings. The van der Waals surface area contributed by atoms with Gasteiger partial charge in [-0.1, -0.05) is 309 Å². The molecule has 0 radical (unpaired) electrons. The van der Waals surface area contributed by atoms with Crippen LogP contribution in [0.15, 0.2) is 361 Å². The first-order valence-electron chi connectivity index (χ1n) is 33.0. The zero-order valence-electron chi connectivity index (χ0n) is 52.3. The normalized spacial score (nSPS) is 11.8. The van der Waals surface area contributed by atoms with Crippen LogP contribution in [-0.4, -0.2) is 0 Å². The predicted octanol–water partition coefficient (Wildman–Crippen LogP) is 26.9. The van der Waals surface area contributed by atoms with E-state index >= 15 is 0 Å². The molecule has 18 aromatic carbocycles. The van der Waals surface area contributed by atoms with Crippen molar-refractivity contribution in [2.45, 2.75) is 0 Å². The van der Waals surface area contributed by atoms with Crippen molar-refractivity contribution in [2.24, 2.45) is 0 Å². The van der Waals surface area contributed by atoms with Gasteiger partial charge < -0.3 is 8.83 Å². The Morgan fingerprint density at radius 3 is 0.885 bits per heavy atom. The summed E-state index contributed by atoms with van der Waals surface area (Å²) in [7, 11) is 0. The molecule has 0 unspecified atom stereocenters. The Labute approximate surface area is 554 Å². The minimum absolute atomic E-state index is 0.919. The van der Waals surface area contributed by atoms with Crippen molar-refractivity contribution in [3.8, 4) is 77.9 Å². The molecule has 0 aliphatic heterocycles. The summed E-state index contributed by atoms with van der Waals surface area (Å²) >= 11 is 0. The van der Waals surface area contributed by atoms with E-state index in [1.165, 1.54) is 153 Å². The molecule has 0 saturated heterocycles. The van der Waals surface area contributed by atoms with E-state index in [9.17, 15) is 0 Å². The highest BCUT2D eigenvalue weighted by Crippen LogP contribution is 2.49. The summed E-state index contributed by atoms with van der Waals surface area (Å²) in [6, 6.07) is 128. The molecule has 2 heteroatoms. The zero-order chi connectivity index (χ0) is 63.2. The van der Waals surface area contributed by atoms with Crippen LogP contribution in [0, 0.1) is 0 Å². The van der Waals surface area contributed by atoms with Gasteiger partial charge in [0, 0.05) is 21.5 Å². The Kier molecular flexibility index (Phi) is 13.0. The minimum Gasteiger partial charge on any atom is -0.456 e. The van der Waals surface area contributed by atoms with Crippen LogP contribution < -0.4 is 0 Å². The second-order valence-corrected chi connectivity index (χ2v) is 25.3. The maximum absolute atomic E-state index is 6.09. The molecule has 0 saturated carbocycles. The number of rotatable bonds is 7. The standard InChI is InChI=1S/C48H30O.C46H28O/c1-2-12-37-32(10-1)11-9-18-38(37)33-22-26-35(27-23-33)48-42-16-5-3-14-40(42)47(41-15-4-6-17-43(41)48)34-24-20-31(21-25-34)36-28-29-46-44(30-36)39-13-7-8-19-45(39)49-46;1-2-12-33-32(11-1)28-42(35-14-4-3-13-34(33)35)46-39-18-7-5-16-37(39)45(38-17-6-8-19-40(38)46)30-23-21-29(22-24-30)31-25-26-44-41(27-31)36-15-9-10-20-43(36)47-44/h1-30H;1-28H. The fraction of sp³-hybridized carbons (Fsp3) is 0. The lowest BCUT2D eigenvalue weighted by atomic mass is 9.83. The van der Waals surface area contributed by atoms with Crippen LogP contribution in [-0.2, 0) is 0 Å². The van der Waals surface area contributed by atoms with E-state index in [1.807, 2.05) is 24.3 Å². The summed E-state index contributed by atoms with van der Waals surface area (Å²) in [5, 5.41) is 22.3. The number of fused-ring (bicyclic) bond motifs is 14. The van der Waals surface area contributed by atoms with Gasteiger partial charge in [0.2, 0.25) is 0 Å². The molecular weight excluding hydrogens is 1160 g/mol. The molecule has 2 nitrogen and oxygen atoms in total. The molecule has 2 heterocycles. The first-order chi connectivity index (χ1) is 47.6. The average Bonchev–Trinajstić information content (AvgIpc) is 1.05. The van der Waals surface area contributed by atoms with Gasteiger partial charge in [-0.05, 0) is 196 Å². The molecule has 20 rings (SSSR count). The lowest BCUT2D eigenvalue weighted by Crippen LogP contribution is -1.92. The van der Waals surface area contributed by atoms with Gasteiger partial charge in [0.1, 0.15) is 22.3 Å². The highest BCUT2D eigenvalue weighted by molar-refractivity contribution is 6.26. The SMILES string of the molecule is c1ccc2c(-c3ccc(-c4c5ccccc5c(-c5ccc(-c6ccc7oc8ccccc8c7c6)cc5)c5ccccc45)cc3)cccc2c1.c1ccc2c(c1)cc(-c1c3ccccc3c(-c3ccc(-c4ccc5oc6ccccc6c5c4)cc3)c3ccccc13)c1ccccc12. The topological polar surface area (TPSA) is 26.3 Å². The highest BCUT2D eigenvalue weighted by Gasteiger charge is 2.21. The Bertz CT molecular complexity index is 6360. The molecule has 0 aliphatic carbocycles. The zero-order valence-corrected chi connectivity index (χ0v) is 52.3. The van der Waals surface area contributed by atoms with Gasteiger partial charge in [-0.3, -0.25) is 0 Å². The van der Waals surface area contributed by atoms with Crippen LogP contribution in [0.4, 0.5) is 0 Å². The van der Waals surface area contributed by atoms with Crippen molar-refractivity contribution in [1.82, 2.24) is 0 Å². The van der Waals surface area contributed by atoms with Crippen molar-refractivity contribution in [1.29, 1.82) is 0 Å². The molecule has 0 fully saturated rings. The second kappa shape index (κ2) is 22.6. The number of hydrogen-bond donors (Lipinski definition) is 0. The van der Waals surface area contributed by atoms with Crippen LogP contribution in [0.1, 0.15) is 0 Å². The van der Waals surface area contributed by atoms with Crippen molar-refractivity contribution in [3.05, 3.63) is 352 Å². The fourth-order valence-corrected chi connectivity index (χ4v) is 15.5. The van der Waals surface area contributed by atoms with E-state index in [2.05, 4.69) is 328 Å². The highest BCUT2D eigenvalue weighted by atomic mass is 16.3. The Balaban J connectivity index is 0.000000135. The van der Waals surface area contributed by atoms with E-state index in [0.717, 1.165) is 43.9 Å². The first-order valence-corrected chi connectivity index (χ1v) is 33.0. The summed E-state index contributed by atoms with van der Waals surface area (Å²) in [6.07, 6.45) is 0. The van der Waals surface area contributed by atoms with Gasteiger partial charge in [0.25, 0.3) is 0 Å². The third kappa shape index (κ3) is 9.10. The van der Waals surface area contributed by atoms with Crippen molar-refractivity contribution < 1.29 is 8.83 Å². The van der Waals surface area contributed by atoms with E-state index in [4.69, 9.17) is 8.83 Å². The fourth-order valence-electron chi connectivity index (χ4n) is 15.5. The molecule has 0 aliphatic rings. The molecule has 0 atom stereocenters. The van der Waals surface area contributed by atoms with E-state index in [0.29, 0.717) is 0 Å². The summed E-state index contributed by atoms with van der Waals surface area (Å²) in [4.78, 5) is 0. The molecular formula is C94H58O2. The van der Waals surface area contributed by atoms with E-state index in [-0.39, 0.29) is 0 Å². The van der Waals surface area contributed by atoms with E-state index < -0.39 is 0 Å². The maximum Gasteiger partial charge on any atom is 0.135 e. The lowest BCUT2D eigenvalue weighted by Gasteiger charge is -2.19. The molecule has 0 spiro atoms. The van der Waals surface area contributed by atoms with Crippen LogP contribution in [0.5, 0.6) is 0 Å². The molecule has 0 amide bonds. The van der Waals surface area contributed by atoms with Crippen molar-refractivity contribution in [3.63, 3.8) is 0 Å². The van der Waals surface area contributed by atoms with Gasteiger partial charge in [-0.15, -0.1) is 0 Å². The number of furan rings is 2. The van der Waals surface area contributed by atoms with Crippen molar-refractivity contribution >= 4 is 119 Å². The van der Waals surface area contributed by atoms with Crippen LogP contribution in [0.3, 0.4) is 0 Å². The Morgan fingerprint density at radius 1 is 0.135 bits per heavy atom. The third-order valence-corrected chi connectivity index (χ3v) is 19.9. The second-order valence-electron chi connectivity index (χ2n) is 25.3. The quantitative estimate of drug-likeness (QED) is 0.117. The number of hydrogen-bond acceptors (Lipinski definition) is 2. The lowest BCUT2D eigenvalue weighted by molar-refractivity contribution is 0.668.